The molecule has 0 unspecified atom stereocenters. The van der Waals surface area contributed by atoms with Crippen molar-refractivity contribution >= 4 is 11.7 Å². The molecule has 1 heterocycles. The third kappa shape index (κ3) is 6.24. The molecule has 0 aliphatic carbocycles. The van der Waals surface area contributed by atoms with Crippen LogP contribution in [0.2, 0.25) is 0 Å². The minimum Gasteiger partial charge on any atom is -0.494 e. The Kier molecular flexibility index (Phi) is 7.68. The topological polar surface area (TPSA) is 77.2 Å². The summed E-state index contributed by atoms with van der Waals surface area (Å²) in [5.74, 6) is 0.835. The van der Waals surface area contributed by atoms with Crippen LogP contribution in [0.3, 0.4) is 0 Å². The summed E-state index contributed by atoms with van der Waals surface area (Å²) in [5, 5.41) is 2.87. The van der Waals surface area contributed by atoms with Crippen molar-refractivity contribution in [1.82, 2.24) is 10.3 Å². The van der Waals surface area contributed by atoms with Crippen LogP contribution in [0.1, 0.15) is 47.8 Å². The van der Waals surface area contributed by atoms with E-state index in [1.165, 1.54) is 0 Å². The third-order valence-electron chi connectivity index (χ3n) is 3.93. The minimum atomic E-state index is -0.231. The molecule has 5 nitrogen and oxygen atoms in total. The summed E-state index contributed by atoms with van der Waals surface area (Å²) in [4.78, 5) is 16.4. The van der Waals surface area contributed by atoms with Crippen LogP contribution in [0.25, 0.3) is 0 Å². The standard InChI is InChI=1S/C21H27N3O2/c1-3-4-5-6-7-13-26-18-10-8-9-17(14-18)15-23-21(25)19-12-11-16(2)24-20(19)22/h3-4,8-12,14H,5-7,13,15H2,1-2H3,(H2,22,24)(H,23,25). The van der Waals surface area contributed by atoms with Gasteiger partial charge in [0.15, 0.2) is 0 Å². The Morgan fingerprint density at radius 3 is 2.88 bits per heavy atom. The van der Waals surface area contributed by atoms with Crippen LogP contribution in [-0.2, 0) is 6.54 Å². The van der Waals surface area contributed by atoms with E-state index in [1.54, 1.807) is 12.1 Å². The number of aryl methyl sites for hydroxylation is 1. The predicted octanol–water partition coefficient (Wildman–Crippen LogP) is 4.03. The van der Waals surface area contributed by atoms with Crippen molar-refractivity contribution in [2.75, 3.05) is 12.3 Å². The van der Waals surface area contributed by atoms with Gasteiger partial charge in [0.1, 0.15) is 11.6 Å². The van der Waals surface area contributed by atoms with Crippen molar-refractivity contribution in [3.63, 3.8) is 0 Å². The van der Waals surface area contributed by atoms with Gasteiger partial charge in [0.05, 0.1) is 12.2 Å². The smallest absolute Gasteiger partial charge is 0.255 e. The number of carbonyl (C=O) groups is 1. The highest BCUT2D eigenvalue weighted by Crippen LogP contribution is 2.15. The lowest BCUT2D eigenvalue weighted by Gasteiger charge is -2.10. The van der Waals surface area contributed by atoms with Crippen molar-refractivity contribution in [2.45, 2.75) is 39.7 Å². The fourth-order valence-corrected chi connectivity index (χ4v) is 2.51. The maximum absolute atomic E-state index is 12.3. The summed E-state index contributed by atoms with van der Waals surface area (Å²) in [5.41, 5.74) is 7.97. The minimum absolute atomic E-state index is 0.231. The van der Waals surface area contributed by atoms with Crippen molar-refractivity contribution in [3.05, 3.63) is 65.4 Å². The molecule has 2 aromatic rings. The number of benzene rings is 1. The Balaban J connectivity index is 1.83. The fourth-order valence-electron chi connectivity index (χ4n) is 2.51. The van der Waals surface area contributed by atoms with E-state index in [2.05, 4.69) is 22.5 Å². The number of nitrogens with two attached hydrogens (primary N) is 1. The number of hydrogen-bond acceptors (Lipinski definition) is 4. The van der Waals surface area contributed by atoms with Crippen molar-refractivity contribution in [1.29, 1.82) is 0 Å². The number of nitrogens with one attached hydrogen (secondary N) is 1. The Labute approximate surface area is 155 Å². The third-order valence-corrected chi connectivity index (χ3v) is 3.93. The van der Waals surface area contributed by atoms with Gasteiger partial charge in [-0.2, -0.15) is 0 Å². The molecule has 5 heteroatoms. The maximum atomic E-state index is 12.3. The van der Waals surface area contributed by atoms with Crippen molar-refractivity contribution in [2.24, 2.45) is 0 Å². The number of ether oxygens (including phenoxy) is 1. The van der Waals surface area contributed by atoms with Gasteiger partial charge in [-0.25, -0.2) is 4.98 Å². The van der Waals surface area contributed by atoms with E-state index in [0.29, 0.717) is 18.7 Å². The van der Waals surface area contributed by atoms with Crippen LogP contribution < -0.4 is 15.8 Å². The van der Waals surface area contributed by atoms with Gasteiger partial charge in [-0.3, -0.25) is 4.79 Å². The number of aromatic nitrogens is 1. The molecule has 2 rings (SSSR count). The van der Waals surface area contributed by atoms with Crippen LogP contribution in [0, 0.1) is 6.92 Å². The number of unbranched alkanes of at least 4 members (excludes halogenated alkanes) is 2. The number of hydrogen-bond donors (Lipinski definition) is 2. The van der Waals surface area contributed by atoms with E-state index < -0.39 is 0 Å². The second-order valence-corrected chi connectivity index (χ2v) is 6.13. The van der Waals surface area contributed by atoms with Crippen LogP contribution in [0.5, 0.6) is 5.75 Å². The summed E-state index contributed by atoms with van der Waals surface area (Å²) in [7, 11) is 0. The summed E-state index contributed by atoms with van der Waals surface area (Å²) in [6, 6.07) is 11.2. The molecule has 1 aromatic heterocycles. The molecule has 0 atom stereocenters. The number of pyridine rings is 1. The Bertz CT molecular complexity index is 757. The molecule has 0 aliphatic rings. The van der Waals surface area contributed by atoms with Gasteiger partial charge in [0.2, 0.25) is 0 Å². The molecule has 3 N–H and O–H groups in total. The lowest BCUT2D eigenvalue weighted by Crippen LogP contribution is -2.24. The zero-order chi connectivity index (χ0) is 18.8. The monoisotopic (exact) mass is 353 g/mol. The predicted molar refractivity (Wildman–Crippen MR) is 105 cm³/mol. The molecule has 0 spiro atoms. The molecular weight excluding hydrogens is 326 g/mol. The summed E-state index contributed by atoms with van der Waals surface area (Å²) in [6.45, 7) is 4.97. The first kappa shape index (κ1) is 19.5. The van der Waals surface area contributed by atoms with Crippen LogP contribution in [-0.4, -0.2) is 17.5 Å². The summed E-state index contributed by atoms with van der Waals surface area (Å²) < 4.78 is 5.78. The van der Waals surface area contributed by atoms with Gasteiger partial charge in [-0.15, -0.1) is 0 Å². The molecule has 0 radical (unpaired) electrons. The van der Waals surface area contributed by atoms with Crippen LogP contribution in [0.4, 0.5) is 5.82 Å². The van der Waals surface area contributed by atoms with Crippen LogP contribution in [0.15, 0.2) is 48.6 Å². The first-order valence-electron chi connectivity index (χ1n) is 8.94. The lowest BCUT2D eigenvalue weighted by molar-refractivity contribution is 0.0951. The SMILES string of the molecule is CC=CCCCCOc1cccc(CNC(=O)c2ccc(C)nc2N)c1. The number of amides is 1. The molecule has 26 heavy (non-hydrogen) atoms. The zero-order valence-electron chi connectivity index (χ0n) is 15.5. The number of anilines is 1. The summed E-state index contributed by atoms with van der Waals surface area (Å²) >= 11 is 0. The number of carbonyl (C=O) groups excluding carboxylic acids is 1. The zero-order valence-corrected chi connectivity index (χ0v) is 15.5. The highest BCUT2D eigenvalue weighted by molar-refractivity contribution is 5.98. The molecule has 1 aromatic carbocycles. The highest BCUT2D eigenvalue weighted by Gasteiger charge is 2.10. The van der Waals surface area contributed by atoms with Gasteiger partial charge < -0.3 is 15.8 Å². The molecule has 0 saturated heterocycles. The van der Waals surface area contributed by atoms with E-state index in [4.69, 9.17) is 10.5 Å². The lowest BCUT2D eigenvalue weighted by atomic mass is 10.2. The largest absolute Gasteiger partial charge is 0.494 e. The van der Waals surface area contributed by atoms with Gasteiger partial charge in [-0.05, 0) is 62.9 Å². The fraction of sp³-hybridized carbons (Fsp3) is 0.333. The average Bonchev–Trinajstić information content (AvgIpc) is 2.63. The number of allylic oxidation sites excluding steroid dienone is 2. The second kappa shape index (κ2) is 10.2. The van der Waals surface area contributed by atoms with Gasteiger partial charge >= 0.3 is 0 Å². The first-order valence-corrected chi connectivity index (χ1v) is 8.94. The number of rotatable bonds is 9. The molecule has 0 aliphatic heterocycles. The Morgan fingerprint density at radius 2 is 2.12 bits per heavy atom. The summed E-state index contributed by atoms with van der Waals surface area (Å²) in [6.07, 6.45) is 7.46. The average molecular weight is 353 g/mol. The van der Waals surface area contributed by atoms with Crippen LogP contribution >= 0.6 is 0 Å². The normalized spacial score (nSPS) is 10.8. The van der Waals surface area contributed by atoms with Gasteiger partial charge in [0, 0.05) is 12.2 Å². The van der Waals surface area contributed by atoms with E-state index >= 15 is 0 Å². The van der Waals surface area contributed by atoms with E-state index in [0.717, 1.165) is 36.3 Å². The Morgan fingerprint density at radius 1 is 1.27 bits per heavy atom. The van der Waals surface area contributed by atoms with E-state index in [-0.39, 0.29) is 11.7 Å². The van der Waals surface area contributed by atoms with Gasteiger partial charge in [0.25, 0.3) is 5.91 Å². The second-order valence-electron chi connectivity index (χ2n) is 6.13. The van der Waals surface area contributed by atoms with Crippen molar-refractivity contribution < 1.29 is 9.53 Å². The number of nitrogen functional groups attached to an aromatic ring is 1. The first-order chi connectivity index (χ1) is 12.6. The Hall–Kier alpha value is -2.82. The maximum Gasteiger partial charge on any atom is 0.255 e. The molecule has 138 valence electrons. The molecule has 1 amide bonds. The quantitative estimate of drug-likeness (QED) is 0.527. The van der Waals surface area contributed by atoms with Crippen molar-refractivity contribution in [3.8, 4) is 5.75 Å². The molecular formula is C21H27N3O2. The molecule has 0 fully saturated rings. The number of nitrogens with zero attached hydrogens (tertiary/aromatic N) is 1. The van der Waals surface area contributed by atoms with Gasteiger partial charge in [-0.1, -0.05) is 24.3 Å². The molecule has 0 bridgehead atoms. The molecule has 0 saturated carbocycles. The highest BCUT2D eigenvalue weighted by atomic mass is 16.5. The van der Waals surface area contributed by atoms with E-state index in [9.17, 15) is 4.79 Å². The van der Waals surface area contributed by atoms with E-state index in [1.807, 2.05) is 38.1 Å².